The Balaban J connectivity index is 1.51. The smallest absolute Gasteiger partial charge is 0.262 e. The summed E-state index contributed by atoms with van der Waals surface area (Å²) in [6.07, 6.45) is 3.45. The van der Waals surface area contributed by atoms with Crippen molar-refractivity contribution in [2.75, 3.05) is 10.0 Å². The monoisotopic (exact) mass is 438 g/mol. The number of anilines is 3. The lowest BCUT2D eigenvalue weighted by Gasteiger charge is -2.12. The highest BCUT2D eigenvalue weighted by Crippen LogP contribution is 2.23. The van der Waals surface area contributed by atoms with Crippen LogP contribution >= 0.6 is 0 Å². The summed E-state index contributed by atoms with van der Waals surface area (Å²) >= 11 is 0. The van der Waals surface area contributed by atoms with Crippen molar-refractivity contribution in [2.45, 2.75) is 18.7 Å². The standard InChI is InChI=1S/C21H19FN6O2S/c1-14-12-16(22)4-9-19(14)31(29,30)27-18-7-5-17(6-8-18)26-20-13-21(25-15(2)24-20)28-11-3-10-23-28/h3-13,27H,1-2H3,(H,24,25,26). The maximum atomic E-state index is 13.3. The Kier molecular flexibility index (Phi) is 5.38. The minimum Gasteiger partial charge on any atom is -0.340 e. The lowest BCUT2D eigenvalue weighted by atomic mass is 10.2. The fourth-order valence-corrected chi connectivity index (χ4v) is 4.32. The van der Waals surface area contributed by atoms with Crippen LogP contribution in [-0.4, -0.2) is 28.2 Å². The number of halogens is 1. The number of hydrogen-bond acceptors (Lipinski definition) is 6. The van der Waals surface area contributed by atoms with E-state index < -0.39 is 15.8 Å². The van der Waals surface area contributed by atoms with Crippen LogP contribution in [0, 0.1) is 19.7 Å². The summed E-state index contributed by atoms with van der Waals surface area (Å²) in [4.78, 5) is 8.76. The maximum Gasteiger partial charge on any atom is 0.262 e. The van der Waals surface area contributed by atoms with E-state index in [1.165, 1.54) is 12.1 Å². The van der Waals surface area contributed by atoms with Gasteiger partial charge in [-0.2, -0.15) is 5.10 Å². The zero-order valence-corrected chi connectivity index (χ0v) is 17.6. The summed E-state index contributed by atoms with van der Waals surface area (Å²) in [5.74, 6) is 1.30. The minimum absolute atomic E-state index is 0.0266. The molecule has 0 fully saturated rings. The third-order valence-electron chi connectivity index (χ3n) is 4.40. The van der Waals surface area contributed by atoms with Crippen molar-refractivity contribution in [1.82, 2.24) is 19.7 Å². The highest BCUT2D eigenvalue weighted by atomic mass is 32.2. The lowest BCUT2D eigenvalue weighted by Crippen LogP contribution is -2.14. The largest absolute Gasteiger partial charge is 0.340 e. The number of rotatable bonds is 6. The second kappa shape index (κ2) is 8.15. The first-order valence-corrected chi connectivity index (χ1v) is 10.8. The van der Waals surface area contributed by atoms with Crippen LogP contribution in [0.4, 0.5) is 21.6 Å². The molecule has 0 aliphatic rings. The van der Waals surface area contributed by atoms with Gasteiger partial charge in [0.15, 0.2) is 5.82 Å². The molecule has 0 unspecified atom stereocenters. The molecule has 10 heteroatoms. The van der Waals surface area contributed by atoms with Gasteiger partial charge < -0.3 is 5.32 Å². The molecule has 2 aromatic heterocycles. The van der Waals surface area contributed by atoms with Crippen molar-refractivity contribution in [1.29, 1.82) is 0 Å². The molecule has 4 rings (SSSR count). The molecule has 4 aromatic rings. The molecule has 0 saturated carbocycles. The highest BCUT2D eigenvalue weighted by Gasteiger charge is 2.17. The average molecular weight is 438 g/mol. The first kappa shape index (κ1) is 20.5. The van der Waals surface area contributed by atoms with E-state index in [1.807, 2.05) is 0 Å². The molecule has 0 aliphatic carbocycles. The van der Waals surface area contributed by atoms with Gasteiger partial charge in [-0.05, 0) is 67.9 Å². The third kappa shape index (κ3) is 4.69. The van der Waals surface area contributed by atoms with Crippen LogP contribution in [0.5, 0.6) is 0 Å². The molecular weight excluding hydrogens is 419 g/mol. The van der Waals surface area contributed by atoms with Gasteiger partial charge in [-0.3, -0.25) is 4.72 Å². The Labute approximate surface area is 178 Å². The molecule has 8 nitrogen and oxygen atoms in total. The fraction of sp³-hybridized carbons (Fsp3) is 0.0952. The van der Waals surface area contributed by atoms with Crippen LogP contribution in [0.1, 0.15) is 11.4 Å². The molecule has 0 radical (unpaired) electrons. The summed E-state index contributed by atoms with van der Waals surface area (Å²) in [5, 5.41) is 7.34. The number of aryl methyl sites for hydroxylation is 2. The van der Waals surface area contributed by atoms with Gasteiger partial charge in [-0.1, -0.05) is 0 Å². The summed E-state index contributed by atoms with van der Waals surface area (Å²) in [7, 11) is -3.84. The van der Waals surface area contributed by atoms with Crippen molar-refractivity contribution < 1.29 is 12.8 Å². The van der Waals surface area contributed by atoms with Crippen LogP contribution in [0.3, 0.4) is 0 Å². The summed E-state index contributed by atoms with van der Waals surface area (Å²) in [6, 6.07) is 13.8. The van der Waals surface area contributed by atoms with Crippen LogP contribution in [0.15, 0.2) is 71.9 Å². The highest BCUT2D eigenvalue weighted by molar-refractivity contribution is 7.92. The second-order valence-electron chi connectivity index (χ2n) is 6.83. The number of nitrogens with zero attached hydrogens (tertiary/aromatic N) is 4. The Bertz CT molecular complexity index is 1320. The summed E-state index contributed by atoms with van der Waals surface area (Å²) < 4.78 is 42.7. The fourth-order valence-electron chi connectivity index (χ4n) is 3.03. The van der Waals surface area contributed by atoms with E-state index in [0.29, 0.717) is 34.4 Å². The molecule has 0 bridgehead atoms. The SMILES string of the molecule is Cc1nc(Nc2ccc(NS(=O)(=O)c3ccc(F)cc3C)cc2)cc(-n2cccn2)n1. The van der Waals surface area contributed by atoms with Crippen LogP contribution in [0.25, 0.3) is 5.82 Å². The van der Waals surface area contributed by atoms with Crippen molar-refractivity contribution in [3.63, 3.8) is 0 Å². The van der Waals surface area contributed by atoms with Crippen molar-refractivity contribution in [2.24, 2.45) is 0 Å². The average Bonchev–Trinajstić information content (AvgIpc) is 3.23. The Hall–Kier alpha value is -3.79. The molecule has 0 aliphatic heterocycles. The minimum atomic E-state index is -3.84. The topological polar surface area (TPSA) is 102 Å². The van der Waals surface area contributed by atoms with E-state index in [9.17, 15) is 12.8 Å². The molecule has 31 heavy (non-hydrogen) atoms. The van der Waals surface area contributed by atoms with Gasteiger partial charge in [0, 0.05) is 29.8 Å². The van der Waals surface area contributed by atoms with Crippen LogP contribution in [0.2, 0.25) is 0 Å². The maximum absolute atomic E-state index is 13.3. The number of aromatic nitrogens is 4. The first-order chi connectivity index (χ1) is 14.8. The van der Waals surface area contributed by atoms with Crippen LogP contribution < -0.4 is 10.0 Å². The molecule has 2 heterocycles. The van der Waals surface area contributed by atoms with Crippen molar-refractivity contribution in [3.05, 3.63) is 84.2 Å². The summed E-state index contributed by atoms with van der Waals surface area (Å²) in [6.45, 7) is 3.33. The van der Waals surface area contributed by atoms with Crippen molar-refractivity contribution in [3.8, 4) is 5.82 Å². The normalized spacial score (nSPS) is 11.3. The van der Waals surface area contributed by atoms with Gasteiger partial charge in [0.1, 0.15) is 17.5 Å². The van der Waals surface area contributed by atoms with E-state index >= 15 is 0 Å². The first-order valence-electron chi connectivity index (χ1n) is 9.32. The van der Waals surface area contributed by atoms with Gasteiger partial charge in [-0.15, -0.1) is 0 Å². The molecule has 0 saturated heterocycles. The molecule has 2 aromatic carbocycles. The predicted octanol–water partition coefficient (Wildman–Crippen LogP) is 3.96. The quantitative estimate of drug-likeness (QED) is 0.472. The Morgan fingerprint density at radius 3 is 2.39 bits per heavy atom. The van der Waals surface area contributed by atoms with E-state index in [0.717, 1.165) is 6.07 Å². The molecule has 2 N–H and O–H groups in total. The zero-order chi connectivity index (χ0) is 22.0. The van der Waals surface area contributed by atoms with Gasteiger partial charge in [0.05, 0.1) is 4.90 Å². The van der Waals surface area contributed by atoms with E-state index in [4.69, 9.17) is 0 Å². The third-order valence-corrected chi connectivity index (χ3v) is 5.94. The van der Waals surface area contributed by atoms with Gasteiger partial charge in [0.25, 0.3) is 10.0 Å². The van der Waals surface area contributed by atoms with E-state index in [-0.39, 0.29) is 4.90 Å². The number of sulfonamides is 1. The zero-order valence-electron chi connectivity index (χ0n) is 16.7. The molecule has 0 spiro atoms. The van der Waals surface area contributed by atoms with Gasteiger partial charge in [-0.25, -0.2) is 27.5 Å². The number of benzene rings is 2. The van der Waals surface area contributed by atoms with Gasteiger partial charge >= 0.3 is 0 Å². The van der Waals surface area contributed by atoms with Gasteiger partial charge in [0.2, 0.25) is 0 Å². The Morgan fingerprint density at radius 1 is 0.968 bits per heavy atom. The molecule has 158 valence electrons. The Morgan fingerprint density at radius 2 is 1.71 bits per heavy atom. The molecule has 0 amide bonds. The van der Waals surface area contributed by atoms with Crippen LogP contribution in [-0.2, 0) is 10.0 Å². The second-order valence-corrected chi connectivity index (χ2v) is 8.48. The number of hydrogen-bond donors (Lipinski definition) is 2. The summed E-state index contributed by atoms with van der Waals surface area (Å²) in [5.41, 5.74) is 1.42. The number of nitrogens with one attached hydrogen (secondary N) is 2. The van der Waals surface area contributed by atoms with E-state index in [1.54, 1.807) is 67.3 Å². The molecule has 0 atom stereocenters. The lowest BCUT2D eigenvalue weighted by molar-refractivity contribution is 0.598. The van der Waals surface area contributed by atoms with E-state index in [2.05, 4.69) is 25.1 Å². The molecular formula is C21H19FN6O2S. The van der Waals surface area contributed by atoms with Crippen molar-refractivity contribution >= 4 is 27.2 Å². The predicted molar refractivity (Wildman–Crippen MR) is 116 cm³/mol.